The van der Waals surface area contributed by atoms with Crippen LogP contribution in [0.4, 0.5) is 0 Å². The highest BCUT2D eigenvalue weighted by atomic mass is 16.5. The molecular weight excluding hydrogens is 392 g/mol. The van der Waals surface area contributed by atoms with E-state index in [4.69, 9.17) is 4.74 Å². The van der Waals surface area contributed by atoms with Gasteiger partial charge in [-0.15, -0.1) is 0 Å². The van der Waals surface area contributed by atoms with Gasteiger partial charge in [-0.1, -0.05) is 12.1 Å². The zero-order valence-electron chi connectivity index (χ0n) is 18.2. The molecule has 0 saturated carbocycles. The van der Waals surface area contributed by atoms with Gasteiger partial charge in [0.25, 0.3) is 5.91 Å². The van der Waals surface area contributed by atoms with E-state index in [-0.39, 0.29) is 29.8 Å². The molecule has 1 N–H and O–H groups in total. The lowest BCUT2D eigenvalue weighted by Crippen LogP contribution is -2.66. The van der Waals surface area contributed by atoms with Crippen molar-refractivity contribution >= 4 is 11.8 Å². The summed E-state index contributed by atoms with van der Waals surface area (Å²) >= 11 is 0. The molecule has 2 bridgehead atoms. The Balaban J connectivity index is 1.45. The van der Waals surface area contributed by atoms with Crippen LogP contribution < -0.4 is 4.74 Å². The maximum Gasteiger partial charge on any atom is 0.257 e. The Morgan fingerprint density at radius 2 is 2.13 bits per heavy atom. The molecule has 4 heterocycles. The lowest BCUT2D eigenvalue weighted by Gasteiger charge is -2.56. The topological polar surface area (TPSA) is 78.5 Å². The molecule has 0 unspecified atom stereocenters. The minimum absolute atomic E-state index is 0.0525. The van der Waals surface area contributed by atoms with Crippen LogP contribution in [0.2, 0.25) is 0 Å². The lowest BCUT2D eigenvalue weighted by atomic mass is 9.70. The number of rotatable bonds is 4. The molecule has 7 nitrogen and oxygen atoms in total. The summed E-state index contributed by atoms with van der Waals surface area (Å²) < 4.78 is 5.41. The van der Waals surface area contributed by atoms with Gasteiger partial charge >= 0.3 is 0 Å². The molecule has 2 amide bonds. The molecule has 164 valence electrons. The van der Waals surface area contributed by atoms with Crippen LogP contribution >= 0.6 is 0 Å². The number of hydrogen-bond acceptors (Lipinski definition) is 4. The number of likely N-dealkylation sites (tertiary alicyclic amines) is 1. The van der Waals surface area contributed by atoms with Gasteiger partial charge in [0.2, 0.25) is 5.91 Å². The number of H-pyrrole nitrogens is 1. The van der Waals surface area contributed by atoms with Crippen molar-refractivity contribution in [2.45, 2.75) is 51.1 Å². The van der Waals surface area contributed by atoms with E-state index in [1.807, 2.05) is 24.0 Å². The third-order valence-electron chi connectivity index (χ3n) is 7.42. The third-order valence-corrected chi connectivity index (χ3v) is 7.42. The van der Waals surface area contributed by atoms with Crippen molar-refractivity contribution in [2.75, 3.05) is 20.2 Å². The van der Waals surface area contributed by atoms with Crippen molar-refractivity contribution in [3.05, 3.63) is 47.3 Å². The Kier molecular flexibility index (Phi) is 5.20. The highest BCUT2D eigenvalue weighted by molar-refractivity contribution is 5.95. The number of fused-ring (bicyclic) bond motifs is 4. The molecule has 3 aliphatic heterocycles. The van der Waals surface area contributed by atoms with Crippen LogP contribution in [0, 0.1) is 18.8 Å². The van der Waals surface area contributed by atoms with Gasteiger partial charge in [0.15, 0.2) is 0 Å². The molecular formula is C24H30N4O3. The minimum Gasteiger partial charge on any atom is -0.497 e. The fourth-order valence-electron chi connectivity index (χ4n) is 5.98. The summed E-state index contributed by atoms with van der Waals surface area (Å²) in [4.78, 5) is 30.5. The van der Waals surface area contributed by atoms with Gasteiger partial charge in [0, 0.05) is 37.3 Å². The first kappa shape index (κ1) is 20.1. The molecule has 3 fully saturated rings. The second-order valence-corrected chi connectivity index (χ2v) is 9.26. The Morgan fingerprint density at radius 3 is 2.90 bits per heavy atom. The number of carbonyl (C=O) groups excluding carboxylic acids is 2. The molecule has 1 aromatic heterocycles. The largest absolute Gasteiger partial charge is 0.497 e. The monoisotopic (exact) mass is 422 g/mol. The molecule has 0 spiro atoms. The first-order chi connectivity index (χ1) is 15.0. The highest BCUT2D eigenvalue weighted by Crippen LogP contribution is 2.43. The number of aryl methyl sites for hydroxylation is 1. The number of nitrogens with zero attached hydrogens (tertiary/aromatic N) is 3. The number of aromatic nitrogens is 2. The molecule has 1 aromatic carbocycles. The van der Waals surface area contributed by atoms with E-state index < -0.39 is 0 Å². The Bertz CT molecular complexity index is 987. The zero-order valence-corrected chi connectivity index (χ0v) is 18.2. The Hall–Kier alpha value is -2.83. The summed E-state index contributed by atoms with van der Waals surface area (Å²) in [7, 11) is 1.68. The van der Waals surface area contributed by atoms with Crippen LogP contribution in [-0.4, -0.2) is 64.1 Å². The quantitative estimate of drug-likeness (QED) is 0.822. The van der Waals surface area contributed by atoms with Crippen molar-refractivity contribution in [3.8, 4) is 5.75 Å². The van der Waals surface area contributed by atoms with Crippen molar-refractivity contribution in [2.24, 2.45) is 11.8 Å². The Labute approximate surface area is 182 Å². The maximum atomic E-state index is 13.3. The predicted octanol–water partition coefficient (Wildman–Crippen LogP) is 2.81. The van der Waals surface area contributed by atoms with E-state index >= 15 is 0 Å². The van der Waals surface area contributed by atoms with Gasteiger partial charge in [0.05, 0.1) is 18.9 Å². The maximum absolute atomic E-state index is 13.3. The number of hydrogen-bond donors (Lipinski definition) is 1. The first-order valence-electron chi connectivity index (χ1n) is 11.3. The van der Waals surface area contributed by atoms with Gasteiger partial charge in [-0.05, 0) is 62.1 Å². The number of nitrogens with one attached hydrogen (secondary N) is 1. The first-order valence-corrected chi connectivity index (χ1v) is 11.3. The van der Waals surface area contributed by atoms with Crippen LogP contribution in [0.1, 0.15) is 47.3 Å². The summed E-state index contributed by atoms with van der Waals surface area (Å²) in [6.45, 7) is 3.30. The molecule has 3 aliphatic rings. The van der Waals surface area contributed by atoms with Crippen LogP contribution in [0.3, 0.4) is 0 Å². The van der Waals surface area contributed by atoms with E-state index in [1.165, 1.54) is 5.56 Å². The summed E-state index contributed by atoms with van der Waals surface area (Å²) in [6.07, 6.45) is 6.13. The van der Waals surface area contributed by atoms with Crippen molar-refractivity contribution in [1.82, 2.24) is 20.0 Å². The SMILES string of the molecule is COc1cccc(C[C@H]2[C@H]3C[C@H](CN(C(=O)c4cn[nH]c4C)C3)[C@@H]3CCCC(=O)N32)c1. The van der Waals surface area contributed by atoms with Crippen LogP contribution in [0.25, 0.3) is 0 Å². The molecule has 0 radical (unpaired) electrons. The normalized spacial score (nSPS) is 27.7. The fraction of sp³-hybridized carbons (Fsp3) is 0.542. The molecule has 4 atom stereocenters. The third kappa shape index (κ3) is 3.60. The summed E-state index contributed by atoms with van der Waals surface area (Å²) in [5.74, 6) is 1.80. The van der Waals surface area contributed by atoms with Gasteiger partial charge in [-0.25, -0.2) is 0 Å². The van der Waals surface area contributed by atoms with E-state index in [0.717, 1.165) is 43.7 Å². The average molecular weight is 423 g/mol. The van der Waals surface area contributed by atoms with E-state index in [0.29, 0.717) is 24.4 Å². The van der Waals surface area contributed by atoms with E-state index in [1.54, 1.807) is 13.3 Å². The summed E-state index contributed by atoms with van der Waals surface area (Å²) in [5.41, 5.74) is 2.64. The summed E-state index contributed by atoms with van der Waals surface area (Å²) in [6, 6.07) is 8.47. The molecule has 3 saturated heterocycles. The molecule has 5 rings (SSSR count). The molecule has 2 aromatic rings. The smallest absolute Gasteiger partial charge is 0.257 e. The van der Waals surface area contributed by atoms with Gasteiger partial charge < -0.3 is 14.5 Å². The zero-order chi connectivity index (χ0) is 21.5. The van der Waals surface area contributed by atoms with Gasteiger partial charge in [0.1, 0.15) is 5.75 Å². The van der Waals surface area contributed by atoms with Crippen LogP contribution in [0.5, 0.6) is 5.75 Å². The number of carbonyl (C=O) groups is 2. The Morgan fingerprint density at radius 1 is 1.29 bits per heavy atom. The number of aromatic amines is 1. The number of methoxy groups -OCH3 is 1. The van der Waals surface area contributed by atoms with E-state index in [2.05, 4.69) is 27.2 Å². The van der Waals surface area contributed by atoms with E-state index in [9.17, 15) is 9.59 Å². The molecule has 31 heavy (non-hydrogen) atoms. The standard InChI is InChI=1S/C24H30N4O3/c1-15-20(12-25-26-15)24(30)27-13-17-11-18(14-27)22(28-21(17)7-4-8-23(28)29)10-16-5-3-6-19(9-16)31-2/h3,5-6,9,12,17-18,21-22H,4,7-8,10-11,13-14H2,1-2H3,(H,25,26)/t17-,18+,21+,22+/m1/s1. The van der Waals surface area contributed by atoms with Crippen LogP contribution in [-0.2, 0) is 11.2 Å². The highest BCUT2D eigenvalue weighted by Gasteiger charge is 2.50. The van der Waals surface area contributed by atoms with Gasteiger partial charge in [-0.2, -0.15) is 5.10 Å². The minimum atomic E-state index is 0.0525. The second-order valence-electron chi connectivity index (χ2n) is 9.26. The van der Waals surface area contributed by atoms with Crippen molar-refractivity contribution < 1.29 is 14.3 Å². The summed E-state index contributed by atoms with van der Waals surface area (Å²) in [5, 5.41) is 6.92. The number of amides is 2. The van der Waals surface area contributed by atoms with Crippen molar-refractivity contribution in [3.63, 3.8) is 0 Å². The average Bonchev–Trinajstić information content (AvgIpc) is 3.22. The fourth-order valence-corrected chi connectivity index (χ4v) is 5.98. The lowest BCUT2D eigenvalue weighted by molar-refractivity contribution is -0.151. The van der Waals surface area contributed by atoms with Crippen LogP contribution in [0.15, 0.2) is 30.5 Å². The number of ether oxygens (including phenoxy) is 1. The predicted molar refractivity (Wildman–Crippen MR) is 116 cm³/mol. The molecule has 7 heteroatoms. The second kappa shape index (κ2) is 8.02. The molecule has 0 aliphatic carbocycles. The number of benzene rings is 1. The number of piperidine rings is 3. The van der Waals surface area contributed by atoms with Gasteiger partial charge in [-0.3, -0.25) is 14.7 Å². The van der Waals surface area contributed by atoms with Crippen molar-refractivity contribution in [1.29, 1.82) is 0 Å².